The van der Waals surface area contributed by atoms with Crippen molar-refractivity contribution in [2.75, 3.05) is 0 Å². The molecule has 0 fully saturated rings. The van der Waals surface area contributed by atoms with Gasteiger partial charge in [0.2, 0.25) is 3.79 Å². The molecule has 3 aromatic rings. The Morgan fingerprint density at radius 2 is 1.96 bits per heavy atom. The van der Waals surface area contributed by atoms with Crippen LogP contribution in [0.25, 0.3) is 5.69 Å². The molecule has 1 aliphatic rings. The fourth-order valence-corrected chi connectivity index (χ4v) is 4.96. The monoisotopic (exact) mass is 474 g/mol. The van der Waals surface area contributed by atoms with Crippen LogP contribution in [0.2, 0.25) is 0 Å². The molecule has 27 heavy (non-hydrogen) atoms. The minimum absolute atomic E-state index is 0.0584. The Bertz CT molecular complexity index is 1040. The summed E-state index contributed by atoms with van der Waals surface area (Å²) in [6, 6.07) is 13.2. The minimum Gasteiger partial charge on any atom is -0.287 e. The number of para-hydroxylation sites is 1. The van der Waals surface area contributed by atoms with Crippen LogP contribution in [0, 0.1) is 19.7 Å². The van der Waals surface area contributed by atoms with E-state index in [2.05, 4.69) is 24.2 Å². The summed E-state index contributed by atoms with van der Waals surface area (Å²) in [5.74, 6) is -0.258. The van der Waals surface area contributed by atoms with Gasteiger partial charge in [0.1, 0.15) is 5.82 Å². The number of fused-ring (bicyclic) bond motifs is 1. The summed E-state index contributed by atoms with van der Waals surface area (Å²) >= 11 is 1.88. The summed E-state index contributed by atoms with van der Waals surface area (Å²) in [6.45, 7) is 3.83. The van der Waals surface area contributed by atoms with Crippen molar-refractivity contribution in [3.63, 3.8) is 0 Å². The largest absolute Gasteiger partial charge is 0.287 e. The van der Waals surface area contributed by atoms with Crippen molar-refractivity contribution in [3.05, 3.63) is 82.4 Å². The van der Waals surface area contributed by atoms with Crippen LogP contribution >= 0.6 is 22.6 Å². The highest BCUT2D eigenvalue weighted by atomic mass is 127. The quantitative estimate of drug-likeness (QED) is 0.395. The smallest absolute Gasteiger partial charge is 0.203 e. The number of hydrogen-bond donors (Lipinski definition) is 0. The highest BCUT2D eigenvalue weighted by molar-refractivity contribution is 14.1. The van der Waals surface area contributed by atoms with Crippen molar-refractivity contribution in [2.45, 2.75) is 38.5 Å². The van der Waals surface area contributed by atoms with Gasteiger partial charge in [-0.25, -0.2) is 9.07 Å². The van der Waals surface area contributed by atoms with Gasteiger partial charge in [-0.3, -0.25) is 4.79 Å². The molecule has 4 rings (SSSR count). The number of carbonyl (C=O) groups excluding carboxylic acids is 1. The Morgan fingerprint density at radius 1 is 1.19 bits per heavy atom. The van der Waals surface area contributed by atoms with Crippen LogP contribution in [0.1, 0.15) is 34.4 Å². The Hall–Kier alpha value is -2.02. The van der Waals surface area contributed by atoms with Gasteiger partial charge in [-0.2, -0.15) is 5.10 Å². The summed E-state index contributed by atoms with van der Waals surface area (Å²) in [5, 5.41) is 4.62. The fraction of sp³-hybridized carbons (Fsp3) is 0.273. The number of aromatic nitrogens is 2. The number of carbonyl (C=O) groups is 1. The molecule has 0 radical (unpaired) electrons. The second kappa shape index (κ2) is 6.86. The highest BCUT2D eigenvalue weighted by Gasteiger charge is 2.44. The van der Waals surface area contributed by atoms with Crippen LogP contribution in [0.4, 0.5) is 4.39 Å². The van der Waals surface area contributed by atoms with E-state index in [0.717, 1.165) is 34.5 Å². The van der Waals surface area contributed by atoms with E-state index in [1.54, 1.807) is 13.0 Å². The molecule has 138 valence electrons. The molecule has 0 amide bonds. The summed E-state index contributed by atoms with van der Waals surface area (Å²) in [5.41, 5.74) is 5.11. The lowest BCUT2D eigenvalue weighted by Crippen LogP contribution is -2.39. The molecule has 3 nitrogen and oxygen atoms in total. The lowest BCUT2D eigenvalue weighted by molar-refractivity contribution is -0.114. The number of nitrogens with zero attached hydrogens (tertiary/aromatic N) is 2. The molecule has 0 spiro atoms. The molecular formula is C22H20FIN2O. The Balaban J connectivity index is 1.81. The van der Waals surface area contributed by atoms with E-state index in [0.29, 0.717) is 18.4 Å². The predicted octanol–water partition coefficient (Wildman–Crippen LogP) is 5.02. The first-order valence-electron chi connectivity index (χ1n) is 9.01. The Kier molecular flexibility index (Phi) is 4.66. The molecule has 1 heterocycles. The molecule has 0 N–H and O–H groups in total. The molecule has 0 bridgehead atoms. The van der Waals surface area contributed by atoms with Gasteiger partial charge in [-0.15, -0.1) is 0 Å². The Morgan fingerprint density at radius 3 is 2.70 bits per heavy atom. The molecule has 0 saturated carbocycles. The molecular weight excluding hydrogens is 454 g/mol. The van der Waals surface area contributed by atoms with Crippen LogP contribution < -0.4 is 0 Å². The van der Waals surface area contributed by atoms with E-state index in [1.165, 1.54) is 6.07 Å². The van der Waals surface area contributed by atoms with E-state index in [-0.39, 0.29) is 9.61 Å². The normalized spacial score (nSPS) is 19.0. The van der Waals surface area contributed by atoms with Crippen molar-refractivity contribution < 1.29 is 9.18 Å². The maximum absolute atomic E-state index is 14.2. The average molecular weight is 474 g/mol. The second-order valence-corrected chi connectivity index (χ2v) is 8.24. The van der Waals surface area contributed by atoms with Gasteiger partial charge in [0.05, 0.1) is 17.3 Å². The molecule has 1 aromatic heterocycles. The van der Waals surface area contributed by atoms with Gasteiger partial charge < -0.3 is 0 Å². The van der Waals surface area contributed by atoms with Gasteiger partial charge in [-0.05, 0) is 67.5 Å². The summed E-state index contributed by atoms with van der Waals surface area (Å²) in [6.07, 6.45) is 3.81. The Labute approximate surface area is 171 Å². The highest BCUT2D eigenvalue weighted by Crippen LogP contribution is 2.43. The van der Waals surface area contributed by atoms with Crippen LogP contribution in [0.15, 0.2) is 48.7 Å². The summed E-state index contributed by atoms with van der Waals surface area (Å²) < 4.78 is 16.3. The van der Waals surface area contributed by atoms with Crippen molar-refractivity contribution in [1.82, 2.24) is 9.78 Å². The predicted molar refractivity (Wildman–Crippen MR) is 112 cm³/mol. The van der Waals surface area contributed by atoms with Gasteiger partial charge in [0.15, 0.2) is 0 Å². The second-order valence-electron chi connectivity index (χ2n) is 7.26. The molecule has 1 atom stereocenters. The molecule has 1 unspecified atom stereocenters. The lowest BCUT2D eigenvalue weighted by Gasteiger charge is -2.36. The topological polar surface area (TPSA) is 34.9 Å². The number of aryl methyl sites for hydroxylation is 1. The minimum atomic E-state index is -0.695. The summed E-state index contributed by atoms with van der Waals surface area (Å²) in [4.78, 5) is 12.8. The van der Waals surface area contributed by atoms with Crippen LogP contribution in [-0.4, -0.2) is 13.6 Å². The number of rotatable bonds is 3. The zero-order chi connectivity index (χ0) is 19.2. The molecule has 1 aliphatic carbocycles. The van der Waals surface area contributed by atoms with Crippen molar-refractivity contribution >= 4 is 26.4 Å². The van der Waals surface area contributed by atoms with Crippen LogP contribution in [0.5, 0.6) is 0 Å². The van der Waals surface area contributed by atoms with Crippen LogP contribution in [-0.2, 0) is 23.1 Å². The SMILES string of the molecule is Cc1ccccc1-n1ncc2c1CCC(C(=O)I)(c1cccc(F)c1C)C2. The first-order valence-corrected chi connectivity index (χ1v) is 10.1. The number of halogens is 2. The maximum atomic E-state index is 14.2. The molecule has 2 aromatic carbocycles. The van der Waals surface area contributed by atoms with Gasteiger partial charge in [0, 0.05) is 28.3 Å². The third-order valence-electron chi connectivity index (χ3n) is 5.74. The third-order valence-corrected chi connectivity index (χ3v) is 6.77. The van der Waals surface area contributed by atoms with Crippen molar-refractivity contribution in [2.24, 2.45) is 0 Å². The molecule has 0 saturated heterocycles. The zero-order valence-corrected chi connectivity index (χ0v) is 17.5. The number of benzene rings is 2. The van der Waals surface area contributed by atoms with Crippen molar-refractivity contribution in [1.29, 1.82) is 0 Å². The molecule has 5 heteroatoms. The maximum Gasteiger partial charge on any atom is 0.203 e. The lowest BCUT2D eigenvalue weighted by atomic mass is 9.68. The standard InChI is InChI=1S/C22H20FIN2O/c1-14-6-3-4-9-19(14)26-20-10-11-22(21(24)27,12-16(20)13-25-26)17-7-5-8-18(23)15(17)2/h3-9,13H,10-12H2,1-2H3. The fourth-order valence-electron chi connectivity index (χ4n) is 4.21. The van der Waals surface area contributed by atoms with Gasteiger partial charge >= 0.3 is 0 Å². The average Bonchev–Trinajstić information content (AvgIpc) is 3.07. The first kappa shape index (κ1) is 18.3. The molecule has 0 aliphatic heterocycles. The van der Waals surface area contributed by atoms with Crippen LogP contribution in [0.3, 0.4) is 0 Å². The summed E-state index contributed by atoms with van der Waals surface area (Å²) in [7, 11) is 0. The van der Waals surface area contributed by atoms with E-state index in [1.807, 2.05) is 51.7 Å². The van der Waals surface area contributed by atoms with Crippen molar-refractivity contribution in [3.8, 4) is 5.69 Å². The zero-order valence-electron chi connectivity index (χ0n) is 15.3. The van der Waals surface area contributed by atoms with E-state index in [9.17, 15) is 9.18 Å². The first-order chi connectivity index (χ1) is 12.9. The van der Waals surface area contributed by atoms with E-state index in [4.69, 9.17) is 0 Å². The van der Waals surface area contributed by atoms with E-state index >= 15 is 0 Å². The van der Waals surface area contributed by atoms with Gasteiger partial charge in [-0.1, -0.05) is 30.3 Å². The van der Waals surface area contributed by atoms with E-state index < -0.39 is 5.41 Å². The number of hydrogen-bond acceptors (Lipinski definition) is 2. The third kappa shape index (κ3) is 2.92. The van der Waals surface area contributed by atoms with Gasteiger partial charge in [0.25, 0.3) is 0 Å².